The first-order valence-corrected chi connectivity index (χ1v) is 4.63. The number of nitrogens with one attached hydrogen (secondary N) is 1. The Morgan fingerprint density at radius 1 is 1.38 bits per heavy atom. The molecule has 2 nitrogen and oxygen atoms in total. The van der Waals surface area contributed by atoms with Crippen molar-refractivity contribution in [3.8, 4) is 0 Å². The number of aryl methyl sites for hydroxylation is 1. The second kappa shape index (κ2) is 2.87. The lowest BCUT2D eigenvalue weighted by atomic mass is 10.0. The van der Waals surface area contributed by atoms with Gasteiger partial charge in [0.05, 0.1) is 11.0 Å². The lowest BCUT2D eigenvalue weighted by molar-refractivity contribution is 0.861. The Kier molecular flexibility index (Phi) is 1.83. The summed E-state index contributed by atoms with van der Waals surface area (Å²) in [6, 6.07) is 4.03. The van der Waals surface area contributed by atoms with Crippen LogP contribution in [0.5, 0.6) is 0 Å². The molecule has 0 spiro atoms. The summed E-state index contributed by atoms with van der Waals surface area (Å²) in [6.45, 7) is 6.51. The van der Waals surface area contributed by atoms with Gasteiger partial charge in [0, 0.05) is 17.5 Å². The molecule has 0 amide bonds. The molecule has 0 radical (unpaired) electrons. The van der Waals surface area contributed by atoms with Gasteiger partial charge in [-0.15, -0.1) is 0 Å². The van der Waals surface area contributed by atoms with E-state index < -0.39 is 0 Å². The number of nitrogens with zero attached hydrogens (tertiary/aromatic N) is 1. The van der Waals surface area contributed by atoms with Crippen molar-refractivity contribution in [1.82, 2.24) is 9.97 Å². The van der Waals surface area contributed by atoms with Gasteiger partial charge in [0.15, 0.2) is 0 Å². The van der Waals surface area contributed by atoms with Gasteiger partial charge < -0.3 is 4.98 Å². The van der Waals surface area contributed by atoms with Crippen LogP contribution >= 0.6 is 0 Å². The number of hydrogen-bond acceptors (Lipinski definition) is 1. The Balaban J connectivity index is 2.78. The van der Waals surface area contributed by atoms with Crippen LogP contribution in [0.1, 0.15) is 31.0 Å². The van der Waals surface area contributed by atoms with Crippen molar-refractivity contribution in [2.75, 3.05) is 0 Å². The lowest BCUT2D eigenvalue weighted by Crippen LogP contribution is -1.89. The van der Waals surface area contributed by atoms with Crippen molar-refractivity contribution in [3.63, 3.8) is 0 Å². The van der Waals surface area contributed by atoms with E-state index in [4.69, 9.17) is 0 Å². The van der Waals surface area contributed by atoms with Crippen LogP contribution in [0.15, 0.2) is 18.3 Å². The molecule has 2 aromatic rings. The van der Waals surface area contributed by atoms with Crippen LogP contribution in [-0.4, -0.2) is 9.97 Å². The van der Waals surface area contributed by atoms with Crippen molar-refractivity contribution in [3.05, 3.63) is 29.6 Å². The average molecular weight is 174 g/mol. The van der Waals surface area contributed by atoms with E-state index in [1.807, 2.05) is 12.3 Å². The van der Waals surface area contributed by atoms with Gasteiger partial charge >= 0.3 is 0 Å². The molecule has 0 aliphatic carbocycles. The average Bonchev–Trinajstić information content (AvgIpc) is 2.39. The maximum atomic E-state index is 4.39. The SMILES string of the molecule is Cc1[nH]c2cccnc2c1C(C)C. The molecule has 0 bridgehead atoms. The number of H-pyrrole nitrogens is 1. The van der Waals surface area contributed by atoms with E-state index in [0.717, 1.165) is 11.0 Å². The third-order valence-electron chi connectivity index (χ3n) is 2.37. The summed E-state index contributed by atoms with van der Waals surface area (Å²) in [7, 11) is 0. The van der Waals surface area contributed by atoms with Crippen molar-refractivity contribution in [2.45, 2.75) is 26.7 Å². The van der Waals surface area contributed by atoms with E-state index in [-0.39, 0.29) is 0 Å². The first-order valence-electron chi connectivity index (χ1n) is 4.63. The third kappa shape index (κ3) is 1.22. The number of fused-ring (bicyclic) bond motifs is 1. The Hall–Kier alpha value is -1.31. The van der Waals surface area contributed by atoms with Gasteiger partial charge in [-0.3, -0.25) is 4.98 Å². The minimum Gasteiger partial charge on any atom is -0.357 e. The number of aromatic nitrogens is 2. The second-order valence-electron chi connectivity index (χ2n) is 3.72. The van der Waals surface area contributed by atoms with Crippen molar-refractivity contribution in [2.24, 2.45) is 0 Å². The van der Waals surface area contributed by atoms with E-state index in [1.165, 1.54) is 11.3 Å². The molecule has 0 aromatic carbocycles. The van der Waals surface area contributed by atoms with Crippen LogP contribution in [0.3, 0.4) is 0 Å². The first-order chi connectivity index (χ1) is 6.20. The molecule has 2 rings (SSSR count). The maximum absolute atomic E-state index is 4.39. The Morgan fingerprint density at radius 3 is 2.85 bits per heavy atom. The van der Waals surface area contributed by atoms with Crippen LogP contribution < -0.4 is 0 Å². The fraction of sp³-hybridized carbons (Fsp3) is 0.364. The second-order valence-corrected chi connectivity index (χ2v) is 3.72. The Labute approximate surface area is 78.0 Å². The molecule has 0 saturated carbocycles. The summed E-state index contributed by atoms with van der Waals surface area (Å²) in [6.07, 6.45) is 1.85. The van der Waals surface area contributed by atoms with Gasteiger partial charge in [0.2, 0.25) is 0 Å². The molecule has 0 atom stereocenters. The molecule has 0 aliphatic heterocycles. The van der Waals surface area contributed by atoms with Gasteiger partial charge in [0.25, 0.3) is 0 Å². The molecule has 2 heterocycles. The minimum absolute atomic E-state index is 0.531. The smallest absolute Gasteiger partial charge is 0.0916 e. The van der Waals surface area contributed by atoms with Crippen LogP contribution in [0.4, 0.5) is 0 Å². The zero-order valence-electron chi connectivity index (χ0n) is 8.26. The molecule has 2 aromatic heterocycles. The Bertz CT molecular complexity index is 427. The summed E-state index contributed by atoms with van der Waals surface area (Å²) in [4.78, 5) is 7.74. The van der Waals surface area contributed by atoms with Gasteiger partial charge in [-0.25, -0.2) is 0 Å². The summed E-state index contributed by atoms with van der Waals surface area (Å²) in [5.74, 6) is 0.531. The third-order valence-corrected chi connectivity index (χ3v) is 2.37. The zero-order chi connectivity index (χ0) is 9.42. The molecule has 13 heavy (non-hydrogen) atoms. The molecule has 1 N–H and O–H groups in total. The van der Waals surface area contributed by atoms with Gasteiger partial charge in [-0.2, -0.15) is 0 Å². The molecular weight excluding hydrogens is 160 g/mol. The topological polar surface area (TPSA) is 28.7 Å². The number of rotatable bonds is 1. The van der Waals surface area contributed by atoms with Crippen LogP contribution in [0.25, 0.3) is 11.0 Å². The first kappa shape index (κ1) is 8.30. The van der Waals surface area contributed by atoms with E-state index in [9.17, 15) is 0 Å². The lowest BCUT2D eigenvalue weighted by Gasteiger charge is -2.03. The molecular formula is C11H14N2. The highest BCUT2D eigenvalue weighted by molar-refractivity contribution is 5.80. The zero-order valence-corrected chi connectivity index (χ0v) is 8.26. The van der Waals surface area contributed by atoms with Crippen molar-refractivity contribution >= 4 is 11.0 Å². The fourth-order valence-electron chi connectivity index (χ4n) is 1.87. The number of hydrogen-bond donors (Lipinski definition) is 1. The molecule has 0 aliphatic rings. The monoisotopic (exact) mass is 174 g/mol. The van der Waals surface area contributed by atoms with Crippen LogP contribution in [0, 0.1) is 6.92 Å². The summed E-state index contributed by atoms with van der Waals surface area (Å²) in [5.41, 5.74) is 4.85. The van der Waals surface area contributed by atoms with Crippen molar-refractivity contribution < 1.29 is 0 Å². The van der Waals surface area contributed by atoms with E-state index in [2.05, 4.69) is 36.8 Å². The molecule has 68 valence electrons. The predicted octanol–water partition coefficient (Wildman–Crippen LogP) is 2.99. The number of aromatic amines is 1. The molecule has 0 saturated heterocycles. The van der Waals surface area contributed by atoms with Gasteiger partial charge in [-0.05, 0) is 25.0 Å². The molecule has 0 fully saturated rings. The normalized spacial score (nSPS) is 11.4. The predicted molar refractivity (Wildman–Crippen MR) is 54.9 cm³/mol. The molecule has 0 unspecified atom stereocenters. The highest BCUT2D eigenvalue weighted by atomic mass is 14.8. The summed E-state index contributed by atoms with van der Waals surface area (Å²) >= 11 is 0. The Morgan fingerprint density at radius 2 is 2.15 bits per heavy atom. The van der Waals surface area contributed by atoms with Crippen LogP contribution in [-0.2, 0) is 0 Å². The number of pyridine rings is 1. The highest BCUT2D eigenvalue weighted by Crippen LogP contribution is 2.26. The van der Waals surface area contributed by atoms with Gasteiger partial charge in [-0.1, -0.05) is 13.8 Å². The standard InChI is InChI=1S/C11H14N2/c1-7(2)10-8(3)13-9-5-4-6-12-11(9)10/h4-7,13H,1-3H3. The van der Waals surface area contributed by atoms with E-state index >= 15 is 0 Å². The van der Waals surface area contributed by atoms with Gasteiger partial charge in [0.1, 0.15) is 0 Å². The molecule has 2 heteroatoms. The van der Waals surface area contributed by atoms with E-state index in [0.29, 0.717) is 5.92 Å². The fourth-order valence-corrected chi connectivity index (χ4v) is 1.87. The summed E-state index contributed by atoms with van der Waals surface area (Å²) in [5, 5.41) is 0. The van der Waals surface area contributed by atoms with Crippen molar-refractivity contribution in [1.29, 1.82) is 0 Å². The van der Waals surface area contributed by atoms with Crippen LogP contribution in [0.2, 0.25) is 0 Å². The largest absolute Gasteiger partial charge is 0.357 e. The highest BCUT2D eigenvalue weighted by Gasteiger charge is 2.11. The summed E-state index contributed by atoms with van der Waals surface area (Å²) < 4.78 is 0. The van der Waals surface area contributed by atoms with E-state index in [1.54, 1.807) is 0 Å². The quantitative estimate of drug-likeness (QED) is 0.707. The maximum Gasteiger partial charge on any atom is 0.0916 e. The minimum atomic E-state index is 0.531.